The number of phenols is 2. The predicted molar refractivity (Wildman–Crippen MR) is 89.3 cm³/mol. The van der Waals surface area contributed by atoms with E-state index in [0.717, 1.165) is 12.8 Å². The molecule has 6 heteroatoms. The molecule has 1 heterocycles. The van der Waals surface area contributed by atoms with Crippen LogP contribution in [-0.4, -0.2) is 34.2 Å². The van der Waals surface area contributed by atoms with Crippen molar-refractivity contribution in [1.29, 1.82) is 0 Å². The Hall–Kier alpha value is -3.15. The zero-order chi connectivity index (χ0) is 17.7. The SMILES string of the molecule is O=C1c2ccccc2C(=O)c2c(O)c(N3CCCCC3=O)cc(O)c21. The maximum Gasteiger partial charge on any atom is 0.227 e. The van der Waals surface area contributed by atoms with Crippen LogP contribution in [0.3, 0.4) is 0 Å². The van der Waals surface area contributed by atoms with Gasteiger partial charge in [0.25, 0.3) is 0 Å². The molecule has 4 rings (SSSR count). The van der Waals surface area contributed by atoms with E-state index in [4.69, 9.17) is 0 Å². The van der Waals surface area contributed by atoms with Gasteiger partial charge in [0.05, 0.1) is 16.8 Å². The summed E-state index contributed by atoms with van der Waals surface area (Å²) in [5.74, 6) is -2.08. The molecule has 2 aromatic rings. The van der Waals surface area contributed by atoms with Gasteiger partial charge in [0.1, 0.15) is 5.75 Å². The Morgan fingerprint density at radius 2 is 1.52 bits per heavy atom. The molecule has 0 radical (unpaired) electrons. The van der Waals surface area contributed by atoms with Crippen molar-refractivity contribution in [2.75, 3.05) is 11.4 Å². The number of rotatable bonds is 1. The van der Waals surface area contributed by atoms with Crippen LogP contribution in [0.4, 0.5) is 5.69 Å². The first-order valence-corrected chi connectivity index (χ1v) is 8.08. The summed E-state index contributed by atoms with van der Waals surface area (Å²) in [7, 11) is 0. The second-order valence-electron chi connectivity index (χ2n) is 6.22. The number of aromatic hydroxyl groups is 2. The average molecular weight is 337 g/mol. The second kappa shape index (κ2) is 5.44. The van der Waals surface area contributed by atoms with Crippen molar-refractivity contribution in [3.05, 3.63) is 52.6 Å². The minimum absolute atomic E-state index is 0.0708. The van der Waals surface area contributed by atoms with Crippen LogP contribution < -0.4 is 4.90 Å². The lowest BCUT2D eigenvalue weighted by atomic mass is 9.82. The van der Waals surface area contributed by atoms with Gasteiger partial charge in [0, 0.05) is 30.2 Å². The minimum atomic E-state index is -0.538. The summed E-state index contributed by atoms with van der Waals surface area (Å²) >= 11 is 0. The first-order chi connectivity index (χ1) is 12.0. The van der Waals surface area contributed by atoms with Crippen LogP contribution in [-0.2, 0) is 4.79 Å². The van der Waals surface area contributed by atoms with Crippen molar-refractivity contribution in [3.63, 3.8) is 0 Å². The van der Waals surface area contributed by atoms with E-state index in [-0.39, 0.29) is 33.8 Å². The molecule has 1 aliphatic carbocycles. The standard InChI is InChI=1S/C19H15NO5/c21-13-9-12(20-8-4-3-7-14(20)22)19(25)16-15(13)17(23)10-5-1-2-6-11(10)18(16)24/h1-2,5-6,9,21,25H,3-4,7-8H2. The zero-order valence-corrected chi connectivity index (χ0v) is 13.3. The van der Waals surface area contributed by atoms with E-state index in [2.05, 4.69) is 0 Å². The van der Waals surface area contributed by atoms with Crippen LogP contribution in [0.5, 0.6) is 11.5 Å². The highest BCUT2D eigenvalue weighted by molar-refractivity contribution is 6.30. The number of fused-ring (bicyclic) bond motifs is 2. The Balaban J connectivity index is 1.95. The molecule has 2 N–H and O–H groups in total. The summed E-state index contributed by atoms with van der Waals surface area (Å²) in [5, 5.41) is 21.0. The molecular formula is C19H15NO5. The topological polar surface area (TPSA) is 94.9 Å². The normalized spacial score (nSPS) is 16.6. The van der Waals surface area contributed by atoms with Crippen molar-refractivity contribution in [1.82, 2.24) is 0 Å². The van der Waals surface area contributed by atoms with Crippen molar-refractivity contribution in [2.24, 2.45) is 0 Å². The molecule has 2 aromatic carbocycles. The maximum atomic E-state index is 12.8. The van der Waals surface area contributed by atoms with Gasteiger partial charge in [-0.2, -0.15) is 0 Å². The van der Waals surface area contributed by atoms with E-state index in [9.17, 15) is 24.6 Å². The van der Waals surface area contributed by atoms with Gasteiger partial charge < -0.3 is 15.1 Å². The first kappa shape index (κ1) is 15.4. The fraction of sp³-hybridized carbons (Fsp3) is 0.211. The van der Waals surface area contributed by atoms with Gasteiger partial charge in [-0.1, -0.05) is 24.3 Å². The van der Waals surface area contributed by atoms with Crippen molar-refractivity contribution in [2.45, 2.75) is 19.3 Å². The van der Waals surface area contributed by atoms with Crippen LogP contribution >= 0.6 is 0 Å². The number of nitrogens with zero attached hydrogens (tertiary/aromatic N) is 1. The molecule has 0 aromatic heterocycles. The fourth-order valence-corrected chi connectivity index (χ4v) is 3.51. The summed E-state index contributed by atoms with van der Waals surface area (Å²) in [4.78, 5) is 39.0. The van der Waals surface area contributed by atoms with Gasteiger partial charge in [-0.25, -0.2) is 0 Å². The molecule has 126 valence electrons. The highest BCUT2D eigenvalue weighted by atomic mass is 16.3. The molecule has 1 fully saturated rings. The summed E-state index contributed by atoms with van der Waals surface area (Å²) in [5.41, 5.74) is -0.0127. The molecule has 0 atom stereocenters. The molecule has 0 saturated carbocycles. The molecule has 1 aliphatic heterocycles. The second-order valence-corrected chi connectivity index (χ2v) is 6.22. The maximum absolute atomic E-state index is 12.8. The summed E-state index contributed by atoms with van der Waals surface area (Å²) in [6.07, 6.45) is 1.86. The Morgan fingerprint density at radius 1 is 0.880 bits per heavy atom. The molecule has 1 amide bonds. The number of ketones is 2. The summed E-state index contributed by atoms with van der Waals surface area (Å²) < 4.78 is 0. The molecule has 0 bridgehead atoms. The van der Waals surface area contributed by atoms with E-state index in [1.807, 2.05) is 0 Å². The number of anilines is 1. The van der Waals surface area contributed by atoms with Gasteiger partial charge in [-0.15, -0.1) is 0 Å². The lowest BCUT2D eigenvalue weighted by Gasteiger charge is -2.29. The molecule has 0 unspecified atom stereocenters. The van der Waals surface area contributed by atoms with Gasteiger partial charge >= 0.3 is 0 Å². The van der Waals surface area contributed by atoms with Crippen LogP contribution in [0.15, 0.2) is 30.3 Å². The average Bonchev–Trinajstić information content (AvgIpc) is 2.62. The molecule has 6 nitrogen and oxygen atoms in total. The number of phenolic OH excluding ortho intramolecular Hbond substituents is 2. The van der Waals surface area contributed by atoms with Crippen molar-refractivity contribution in [3.8, 4) is 11.5 Å². The number of hydrogen-bond donors (Lipinski definition) is 2. The van der Waals surface area contributed by atoms with E-state index in [1.54, 1.807) is 12.1 Å². The number of amides is 1. The third kappa shape index (κ3) is 2.14. The van der Waals surface area contributed by atoms with Crippen LogP contribution in [0, 0.1) is 0 Å². The van der Waals surface area contributed by atoms with E-state index < -0.39 is 23.1 Å². The molecule has 25 heavy (non-hydrogen) atoms. The van der Waals surface area contributed by atoms with Gasteiger partial charge in [-0.05, 0) is 12.8 Å². The Kier molecular flexibility index (Phi) is 3.35. The van der Waals surface area contributed by atoms with Gasteiger partial charge in [0.2, 0.25) is 5.91 Å². The zero-order valence-electron chi connectivity index (χ0n) is 13.3. The largest absolute Gasteiger partial charge is 0.507 e. The van der Waals surface area contributed by atoms with Crippen LogP contribution in [0.1, 0.15) is 51.1 Å². The van der Waals surface area contributed by atoms with E-state index in [1.165, 1.54) is 23.1 Å². The van der Waals surface area contributed by atoms with E-state index in [0.29, 0.717) is 13.0 Å². The summed E-state index contributed by atoms with van der Waals surface area (Å²) in [6, 6.07) is 7.47. The third-order valence-corrected chi connectivity index (χ3v) is 4.74. The van der Waals surface area contributed by atoms with Crippen molar-refractivity contribution < 1.29 is 24.6 Å². The predicted octanol–water partition coefficient (Wildman–Crippen LogP) is 2.39. The first-order valence-electron chi connectivity index (χ1n) is 8.08. The molecule has 0 spiro atoms. The Morgan fingerprint density at radius 3 is 2.16 bits per heavy atom. The molecule has 2 aliphatic rings. The minimum Gasteiger partial charge on any atom is -0.507 e. The highest BCUT2D eigenvalue weighted by Crippen LogP contribution is 2.44. The van der Waals surface area contributed by atoms with Gasteiger partial charge in [0.15, 0.2) is 17.3 Å². The number of hydrogen-bond acceptors (Lipinski definition) is 5. The molecular weight excluding hydrogens is 322 g/mol. The smallest absolute Gasteiger partial charge is 0.227 e. The fourth-order valence-electron chi connectivity index (χ4n) is 3.51. The van der Waals surface area contributed by atoms with Crippen molar-refractivity contribution >= 4 is 23.2 Å². The monoisotopic (exact) mass is 337 g/mol. The number of benzene rings is 2. The quantitative estimate of drug-likeness (QED) is 0.665. The highest BCUT2D eigenvalue weighted by Gasteiger charge is 2.37. The third-order valence-electron chi connectivity index (χ3n) is 4.74. The Bertz CT molecular complexity index is 947. The van der Waals surface area contributed by atoms with Crippen LogP contribution in [0.25, 0.3) is 0 Å². The lowest BCUT2D eigenvalue weighted by molar-refractivity contribution is -0.119. The van der Waals surface area contributed by atoms with Gasteiger partial charge in [-0.3, -0.25) is 14.4 Å². The number of carbonyl (C=O) groups is 3. The lowest BCUT2D eigenvalue weighted by Crippen LogP contribution is -2.35. The number of piperidine rings is 1. The summed E-state index contributed by atoms with van der Waals surface area (Å²) in [6.45, 7) is 0.392. The van der Waals surface area contributed by atoms with Crippen LogP contribution in [0.2, 0.25) is 0 Å². The Labute approximate surface area is 143 Å². The number of carbonyl (C=O) groups excluding carboxylic acids is 3. The van der Waals surface area contributed by atoms with E-state index >= 15 is 0 Å². The molecule has 1 saturated heterocycles.